The van der Waals surface area contributed by atoms with Crippen LogP contribution >= 0.6 is 15.9 Å². The first kappa shape index (κ1) is 21.6. The van der Waals surface area contributed by atoms with Crippen molar-refractivity contribution < 1.29 is 9.18 Å². The molecule has 5 rings (SSSR count). The van der Waals surface area contributed by atoms with Crippen molar-refractivity contribution in [1.82, 2.24) is 19.5 Å². The Bertz CT molecular complexity index is 1320. The van der Waals surface area contributed by atoms with Gasteiger partial charge >= 0.3 is 0 Å². The zero-order valence-electron chi connectivity index (χ0n) is 18.1. The summed E-state index contributed by atoms with van der Waals surface area (Å²) in [4.78, 5) is 19.8. The maximum absolute atomic E-state index is 14.5. The number of carbonyl (C=O) groups excluding carboxylic acids is 1. The van der Waals surface area contributed by atoms with E-state index in [-0.39, 0.29) is 11.6 Å². The number of nitrogens with one attached hydrogen (secondary N) is 1. The Hall–Kier alpha value is -3.26. The highest BCUT2D eigenvalue weighted by Gasteiger charge is 2.28. The van der Waals surface area contributed by atoms with Crippen LogP contribution in [-0.2, 0) is 0 Å². The summed E-state index contributed by atoms with van der Waals surface area (Å²) in [5.74, 6) is 0.291. The molecule has 0 aliphatic carbocycles. The average Bonchev–Trinajstić information content (AvgIpc) is 3.23. The van der Waals surface area contributed by atoms with Gasteiger partial charge in [0.25, 0.3) is 5.91 Å². The van der Waals surface area contributed by atoms with E-state index in [1.165, 1.54) is 16.1 Å². The van der Waals surface area contributed by atoms with E-state index in [4.69, 9.17) is 0 Å². The smallest absolute Gasteiger partial charge is 0.259 e. The standard InChI is InChI=1S/C25H23BrFN5O/c1-16-7-8-21(27)22(13-16)30-23-19(14-28-24-20(26)15-29-32(23)24)25(33)31-11-9-18(10-12-31)17-5-3-2-4-6-17/h2-8,13-15,18,30H,9-12H2,1H3. The van der Waals surface area contributed by atoms with Gasteiger partial charge in [0, 0.05) is 19.3 Å². The van der Waals surface area contributed by atoms with Gasteiger partial charge in [-0.25, -0.2) is 9.37 Å². The third kappa shape index (κ3) is 4.23. The molecule has 1 aliphatic rings. The molecule has 1 amide bonds. The number of rotatable bonds is 4. The van der Waals surface area contributed by atoms with Gasteiger partial charge in [0.05, 0.1) is 16.4 Å². The minimum absolute atomic E-state index is 0.141. The van der Waals surface area contributed by atoms with E-state index in [9.17, 15) is 9.18 Å². The zero-order chi connectivity index (χ0) is 22.9. The molecule has 0 spiro atoms. The Labute approximate surface area is 199 Å². The average molecular weight is 508 g/mol. The Morgan fingerprint density at radius 1 is 1.12 bits per heavy atom. The molecule has 1 fully saturated rings. The first-order valence-electron chi connectivity index (χ1n) is 10.9. The lowest BCUT2D eigenvalue weighted by molar-refractivity contribution is 0.0713. The Kier molecular flexibility index (Phi) is 5.85. The van der Waals surface area contributed by atoms with Crippen molar-refractivity contribution >= 4 is 39.0 Å². The second-order valence-corrected chi connectivity index (χ2v) is 9.19. The van der Waals surface area contributed by atoms with Crippen LogP contribution in [-0.4, -0.2) is 38.5 Å². The van der Waals surface area contributed by atoms with E-state index in [1.807, 2.05) is 17.9 Å². The van der Waals surface area contributed by atoms with Crippen LogP contribution in [0.25, 0.3) is 5.65 Å². The van der Waals surface area contributed by atoms with Gasteiger partial charge in [-0.05, 0) is 64.9 Å². The van der Waals surface area contributed by atoms with Crippen LogP contribution in [0.1, 0.15) is 40.2 Å². The molecule has 1 N–H and O–H groups in total. The molecule has 0 bridgehead atoms. The molecule has 0 radical (unpaired) electrons. The van der Waals surface area contributed by atoms with Crippen LogP contribution in [0, 0.1) is 12.7 Å². The molecule has 2 aromatic carbocycles. The van der Waals surface area contributed by atoms with Gasteiger partial charge < -0.3 is 10.2 Å². The molecule has 0 saturated carbocycles. The summed E-state index contributed by atoms with van der Waals surface area (Å²) in [5.41, 5.74) is 3.40. The summed E-state index contributed by atoms with van der Waals surface area (Å²) in [5, 5.41) is 7.47. The molecule has 0 unspecified atom stereocenters. The summed E-state index contributed by atoms with van der Waals surface area (Å²) < 4.78 is 16.8. The summed E-state index contributed by atoms with van der Waals surface area (Å²) in [6, 6.07) is 15.2. The first-order chi connectivity index (χ1) is 16.0. The third-order valence-electron chi connectivity index (χ3n) is 6.14. The van der Waals surface area contributed by atoms with E-state index >= 15 is 0 Å². The molecule has 1 aliphatic heterocycles. The maximum atomic E-state index is 14.5. The number of anilines is 2. The fourth-order valence-corrected chi connectivity index (χ4v) is 4.72. The highest BCUT2D eigenvalue weighted by molar-refractivity contribution is 9.10. The van der Waals surface area contributed by atoms with Crippen molar-refractivity contribution in [1.29, 1.82) is 0 Å². The van der Waals surface area contributed by atoms with Gasteiger partial charge in [-0.3, -0.25) is 4.79 Å². The van der Waals surface area contributed by atoms with Gasteiger partial charge in [-0.15, -0.1) is 0 Å². The number of aryl methyl sites for hydroxylation is 1. The molecule has 4 aromatic rings. The number of hydrogen-bond acceptors (Lipinski definition) is 4. The van der Waals surface area contributed by atoms with Crippen LogP contribution in [0.3, 0.4) is 0 Å². The van der Waals surface area contributed by atoms with Crippen molar-refractivity contribution in [3.05, 3.63) is 87.9 Å². The van der Waals surface area contributed by atoms with Gasteiger partial charge in [-0.2, -0.15) is 9.61 Å². The number of hydrogen-bond donors (Lipinski definition) is 1. The SMILES string of the molecule is Cc1ccc(F)c(Nc2c(C(=O)N3CCC(c4ccccc4)CC3)cnc3c(Br)cnn23)c1. The molecule has 33 heavy (non-hydrogen) atoms. The lowest BCUT2D eigenvalue weighted by atomic mass is 9.89. The van der Waals surface area contributed by atoms with E-state index in [0.29, 0.717) is 40.5 Å². The van der Waals surface area contributed by atoms with Gasteiger partial charge in [0.1, 0.15) is 17.2 Å². The highest BCUT2D eigenvalue weighted by Crippen LogP contribution is 2.31. The second kappa shape index (κ2) is 8.94. The summed E-state index contributed by atoms with van der Waals surface area (Å²) >= 11 is 3.44. The van der Waals surface area contributed by atoms with Crippen LogP contribution in [0.5, 0.6) is 0 Å². The van der Waals surface area contributed by atoms with E-state index in [1.54, 1.807) is 24.5 Å². The Balaban J connectivity index is 1.46. The quantitative estimate of drug-likeness (QED) is 0.384. The maximum Gasteiger partial charge on any atom is 0.259 e. The van der Waals surface area contributed by atoms with E-state index in [0.717, 1.165) is 18.4 Å². The van der Waals surface area contributed by atoms with Crippen LogP contribution in [0.4, 0.5) is 15.9 Å². The minimum Gasteiger partial charge on any atom is -0.338 e. The predicted molar refractivity (Wildman–Crippen MR) is 129 cm³/mol. The number of fused-ring (bicyclic) bond motifs is 1. The fraction of sp³-hybridized carbons (Fsp3) is 0.240. The van der Waals surface area contributed by atoms with Crippen molar-refractivity contribution in [2.45, 2.75) is 25.7 Å². The Morgan fingerprint density at radius 3 is 2.64 bits per heavy atom. The van der Waals surface area contributed by atoms with Crippen molar-refractivity contribution in [2.75, 3.05) is 18.4 Å². The number of amides is 1. The topological polar surface area (TPSA) is 62.5 Å². The molecule has 2 aromatic heterocycles. The number of halogens is 2. The van der Waals surface area contributed by atoms with Gasteiger partial charge in [-0.1, -0.05) is 36.4 Å². The normalized spacial score (nSPS) is 14.6. The molecule has 168 valence electrons. The largest absolute Gasteiger partial charge is 0.338 e. The number of piperidine rings is 1. The lowest BCUT2D eigenvalue weighted by Crippen LogP contribution is -2.38. The minimum atomic E-state index is -0.404. The summed E-state index contributed by atoms with van der Waals surface area (Å²) in [6.07, 6.45) is 4.95. The monoisotopic (exact) mass is 507 g/mol. The highest BCUT2D eigenvalue weighted by atomic mass is 79.9. The van der Waals surface area contributed by atoms with Crippen molar-refractivity contribution in [2.24, 2.45) is 0 Å². The number of nitrogens with zero attached hydrogens (tertiary/aromatic N) is 4. The van der Waals surface area contributed by atoms with Crippen molar-refractivity contribution in [3.63, 3.8) is 0 Å². The third-order valence-corrected chi connectivity index (χ3v) is 6.70. The van der Waals surface area contributed by atoms with Crippen LogP contribution in [0.2, 0.25) is 0 Å². The molecule has 3 heterocycles. The number of carbonyl (C=O) groups is 1. The second-order valence-electron chi connectivity index (χ2n) is 8.33. The molecule has 0 atom stereocenters. The zero-order valence-corrected chi connectivity index (χ0v) is 19.7. The predicted octanol–water partition coefficient (Wildman–Crippen LogP) is 5.70. The molecule has 1 saturated heterocycles. The van der Waals surface area contributed by atoms with Gasteiger partial charge in [0.2, 0.25) is 0 Å². The summed E-state index contributed by atoms with van der Waals surface area (Å²) in [7, 11) is 0. The number of likely N-dealkylation sites (tertiary alicyclic amines) is 1. The van der Waals surface area contributed by atoms with Gasteiger partial charge in [0.15, 0.2) is 5.65 Å². The van der Waals surface area contributed by atoms with E-state index < -0.39 is 5.82 Å². The van der Waals surface area contributed by atoms with Crippen LogP contribution < -0.4 is 5.32 Å². The molecule has 6 nitrogen and oxygen atoms in total. The lowest BCUT2D eigenvalue weighted by Gasteiger charge is -2.32. The van der Waals surface area contributed by atoms with Crippen LogP contribution in [0.15, 0.2) is 65.4 Å². The number of benzene rings is 2. The molecule has 8 heteroatoms. The summed E-state index contributed by atoms with van der Waals surface area (Å²) in [6.45, 7) is 3.19. The molecular formula is C25H23BrFN5O. The molecular weight excluding hydrogens is 485 g/mol. The first-order valence-corrected chi connectivity index (χ1v) is 11.7. The van der Waals surface area contributed by atoms with E-state index in [2.05, 4.69) is 55.6 Å². The Morgan fingerprint density at radius 2 is 1.88 bits per heavy atom. The van der Waals surface area contributed by atoms with Crippen molar-refractivity contribution in [3.8, 4) is 0 Å². The number of aromatic nitrogens is 3. The fourth-order valence-electron chi connectivity index (χ4n) is 4.35.